The van der Waals surface area contributed by atoms with E-state index >= 15 is 0 Å². The van der Waals surface area contributed by atoms with E-state index < -0.39 is 5.91 Å². The molecule has 0 aliphatic carbocycles. The number of nitrogens with zero attached hydrogens (tertiary/aromatic N) is 1. The van der Waals surface area contributed by atoms with Gasteiger partial charge < -0.3 is 19.2 Å². The number of carbonyl (C=O) groups is 1. The summed E-state index contributed by atoms with van der Waals surface area (Å²) in [5, 5.41) is 3.22. The molecule has 25 heavy (non-hydrogen) atoms. The highest BCUT2D eigenvalue weighted by atomic mass is 35.5. The molecular weight excluding hydrogens is 344 g/mol. The van der Waals surface area contributed by atoms with Gasteiger partial charge in [0.15, 0.2) is 17.8 Å². The van der Waals surface area contributed by atoms with Crippen LogP contribution in [0.4, 0.5) is 5.69 Å². The van der Waals surface area contributed by atoms with Crippen LogP contribution in [0.3, 0.4) is 0 Å². The van der Waals surface area contributed by atoms with Gasteiger partial charge >= 0.3 is 0 Å². The lowest BCUT2D eigenvalue weighted by molar-refractivity contribution is 0.102. The zero-order chi connectivity index (χ0) is 17.8. The third-order valence-corrected chi connectivity index (χ3v) is 3.76. The normalized spacial score (nSPS) is 10.4. The van der Waals surface area contributed by atoms with Crippen molar-refractivity contribution in [3.8, 4) is 22.8 Å². The Hall–Kier alpha value is -2.99. The van der Waals surface area contributed by atoms with E-state index in [1.165, 1.54) is 13.5 Å². The average Bonchev–Trinajstić information content (AvgIpc) is 3.12. The lowest BCUT2D eigenvalue weighted by Gasteiger charge is -2.10. The summed E-state index contributed by atoms with van der Waals surface area (Å²) in [6, 6.07) is 12.1. The molecule has 6 nitrogen and oxygen atoms in total. The molecule has 1 amide bonds. The highest BCUT2D eigenvalue weighted by molar-refractivity contribution is 6.31. The Labute approximate surface area is 149 Å². The zero-order valence-electron chi connectivity index (χ0n) is 13.6. The number of aromatic nitrogens is 1. The lowest BCUT2D eigenvalue weighted by atomic mass is 10.1. The maximum Gasteiger partial charge on any atom is 0.278 e. The van der Waals surface area contributed by atoms with Crippen molar-refractivity contribution in [2.75, 3.05) is 19.5 Å². The fraction of sp³-hybridized carbons (Fsp3) is 0.111. The van der Waals surface area contributed by atoms with E-state index in [2.05, 4.69) is 10.3 Å². The van der Waals surface area contributed by atoms with Gasteiger partial charge in [-0.25, -0.2) is 4.98 Å². The molecule has 2 aromatic carbocycles. The van der Waals surface area contributed by atoms with E-state index in [1.807, 2.05) is 0 Å². The van der Waals surface area contributed by atoms with Crippen LogP contribution in [-0.2, 0) is 0 Å². The summed E-state index contributed by atoms with van der Waals surface area (Å²) < 4.78 is 15.8. The second-order valence-electron chi connectivity index (χ2n) is 5.06. The van der Waals surface area contributed by atoms with E-state index in [1.54, 1.807) is 49.6 Å². The van der Waals surface area contributed by atoms with E-state index in [0.717, 1.165) is 0 Å². The number of oxazole rings is 1. The van der Waals surface area contributed by atoms with Gasteiger partial charge in [-0.1, -0.05) is 23.7 Å². The zero-order valence-corrected chi connectivity index (χ0v) is 14.3. The monoisotopic (exact) mass is 358 g/mol. The molecule has 0 bridgehead atoms. The van der Waals surface area contributed by atoms with Gasteiger partial charge in [0, 0.05) is 10.6 Å². The number of methoxy groups -OCH3 is 2. The van der Waals surface area contributed by atoms with Crippen molar-refractivity contribution in [1.82, 2.24) is 4.98 Å². The van der Waals surface area contributed by atoms with Crippen molar-refractivity contribution >= 4 is 23.2 Å². The molecule has 0 saturated heterocycles. The van der Waals surface area contributed by atoms with Gasteiger partial charge in [-0.3, -0.25) is 4.79 Å². The molecule has 0 spiro atoms. The summed E-state index contributed by atoms with van der Waals surface area (Å²) in [6.07, 6.45) is 1.22. The van der Waals surface area contributed by atoms with E-state index in [-0.39, 0.29) is 5.69 Å². The fourth-order valence-electron chi connectivity index (χ4n) is 2.34. The number of anilines is 1. The molecule has 0 saturated carbocycles. The third kappa shape index (κ3) is 3.59. The number of hydrogen-bond acceptors (Lipinski definition) is 5. The smallest absolute Gasteiger partial charge is 0.278 e. The van der Waals surface area contributed by atoms with Crippen molar-refractivity contribution in [3.05, 3.63) is 59.6 Å². The standard InChI is InChI=1S/C18H15ClN2O4/c1-23-13-5-3-4-11(8-13)17-16(20-10-25-17)18(22)21-14-9-12(19)6-7-15(14)24-2/h3-10H,1-2H3,(H,21,22). The van der Waals surface area contributed by atoms with Gasteiger partial charge in [0.2, 0.25) is 0 Å². The minimum absolute atomic E-state index is 0.148. The number of benzene rings is 2. The Bertz CT molecular complexity index is 908. The van der Waals surface area contributed by atoms with Crippen molar-refractivity contribution in [2.45, 2.75) is 0 Å². The van der Waals surface area contributed by atoms with Crippen LogP contribution in [0.5, 0.6) is 11.5 Å². The molecule has 128 valence electrons. The summed E-state index contributed by atoms with van der Waals surface area (Å²) in [7, 11) is 3.08. The number of rotatable bonds is 5. The molecule has 0 atom stereocenters. The first-order chi connectivity index (χ1) is 12.1. The van der Waals surface area contributed by atoms with Crippen molar-refractivity contribution in [2.24, 2.45) is 0 Å². The minimum Gasteiger partial charge on any atom is -0.497 e. The van der Waals surface area contributed by atoms with Crippen molar-refractivity contribution in [1.29, 1.82) is 0 Å². The maximum atomic E-state index is 12.6. The predicted octanol–water partition coefficient (Wildman–Crippen LogP) is 4.26. The number of halogens is 1. The van der Waals surface area contributed by atoms with Crippen molar-refractivity contribution in [3.63, 3.8) is 0 Å². The highest BCUT2D eigenvalue weighted by Gasteiger charge is 2.20. The minimum atomic E-state index is -0.438. The van der Waals surface area contributed by atoms with Gasteiger partial charge in [-0.2, -0.15) is 0 Å². The number of hydrogen-bond donors (Lipinski definition) is 1. The van der Waals surface area contributed by atoms with Gasteiger partial charge in [0.05, 0.1) is 19.9 Å². The van der Waals surface area contributed by atoms with Crippen molar-refractivity contribution < 1.29 is 18.7 Å². The quantitative estimate of drug-likeness (QED) is 0.737. The summed E-state index contributed by atoms with van der Waals surface area (Å²) in [6.45, 7) is 0. The first kappa shape index (κ1) is 16.9. The molecule has 0 unspecified atom stereocenters. The molecule has 1 aromatic heterocycles. The van der Waals surface area contributed by atoms with Crippen LogP contribution in [0.1, 0.15) is 10.5 Å². The molecular formula is C18H15ClN2O4. The van der Waals surface area contributed by atoms with Crippen LogP contribution >= 0.6 is 11.6 Å². The summed E-state index contributed by atoms with van der Waals surface area (Å²) in [5.41, 5.74) is 1.27. The second-order valence-corrected chi connectivity index (χ2v) is 5.50. The Kier molecular flexibility index (Phi) is 4.90. The first-order valence-electron chi connectivity index (χ1n) is 7.35. The Morgan fingerprint density at radius 3 is 2.76 bits per heavy atom. The van der Waals surface area contributed by atoms with E-state index in [0.29, 0.717) is 33.5 Å². The van der Waals surface area contributed by atoms with Gasteiger partial charge in [-0.15, -0.1) is 0 Å². The molecule has 7 heteroatoms. The van der Waals surface area contributed by atoms with Gasteiger partial charge in [0.25, 0.3) is 5.91 Å². The topological polar surface area (TPSA) is 73.6 Å². The van der Waals surface area contributed by atoms with E-state index in [9.17, 15) is 4.79 Å². The number of amides is 1. The van der Waals surface area contributed by atoms with Crippen LogP contribution < -0.4 is 14.8 Å². The number of nitrogens with one attached hydrogen (secondary N) is 1. The molecule has 3 aromatic rings. The van der Waals surface area contributed by atoms with Crippen LogP contribution in [0, 0.1) is 0 Å². The molecule has 3 rings (SSSR count). The predicted molar refractivity (Wildman–Crippen MR) is 94.4 cm³/mol. The molecule has 0 aliphatic heterocycles. The SMILES string of the molecule is COc1cccc(-c2ocnc2C(=O)Nc2cc(Cl)ccc2OC)c1. The third-order valence-electron chi connectivity index (χ3n) is 3.52. The molecule has 0 radical (unpaired) electrons. The highest BCUT2D eigenvalue weighted by Crippen LogP contribution is 2.30. The molecule has 0 aliphatic rings. The van der Waals surface area contributed by atoms with E-state index in [4.69, 9.17) is 25.5 Å². The number of carbonyl (C=O) groups excluding carboxylic acids is 1. The summed E-state index contributed by atoms with van der Waals surface area (Å²) in [5.74, 6) is 1.05. The lowest BCUT2D eigenvalue weighted by Crippen LogP contribution is -2.14. The molecule has 0 fully saturated rings. The Balaban J connectivity index is 1.92. The Morgan fingerprint density at radius 2 is 2.00 bits per heavy atom. The molecule has 1 N–H and O–H groups in total. The second kappa shape index (κ2) is 7.27. The largest absolute Gasteiger partial charge is 0.497 e. The summed E-state index contributed by atoms with van der Waals surface area (Å²) in [4.78, 5) is 16.7. The Morgan fingerprint density at radius 1 is 1.16 bits per heavy atom. The first-order valence-corrected chi connectivity index (χ1v) is 7.73. The summed E-state index contributed by atoms with van der Waals surface area (Å²) >= 11 is 5.99. The fourth-order valence-corrected chi connectivity index (χ4v) is 2.51. The van der Waals surface area contributed by atoms with Crippen LogP contribution in [0.15, 0.2) is 53.3 Å². The van der Waals surface area contributed by atoms with Gasteiger partial charge in [0.1, 0.15) is 11.5 Å². The van der Waals surface area contributed by atoms with Crippen LogP contribution in [0.2, 0.25) is 5.02 Å². The van der Waals surface area contributed by atoms with Gasteiger partial charge in [-0.05, 0) is 30.3 Å². The molecule has 1 heterocycles. The average molecular weight is 359 g/mol. The van der Waals surface area contributed by atoms with Crippen LogP contribution in [0.25, 0.3) is 11.3 Å². The number of ether oxygens (including phenoxy) is 2. The maximum absolute atomic E-state index is 12.6. The van der Waals surface area contributed by atoms with Crippen LogP contribution in [-0.4, -0.2) is 25.1 Å².